The third-order valence-corrected chi connectivity index (χ3v) is 4.17. The number of ketones is 1. The Morgan fingerprint density at radius 2 is 1.83 bits per heavy atom. The van der Waals surface area contributed by atoms with Crippen LogP contribution in [0.1, 0.15) is 37.6 Å². The van der Waals surface area contributed by atoms with Gasteiger partial charge in [0.2, 0.25) is 5.78 Å². The van der Waals surface area contributed by atoms with Gasteiger partial charge in [-0.05, 0) is 20.3 Å². The molecule has 1 aliphatic heterocycles. The lowest BCUT2D eigenvalue weighted by molar-refractivity contribution is -0.159. The van der Waals surface area contributed by atoms with E-state index < -0.39 is 11.5 Å². The highest BCUT2D eigenvalue weighted by molar-refractivity contribution is 6.45. The maximum Gasteiger partial charge on any atom is 0.354 e. The second-order valence-corrected chi connectivity index (χ2v) is 6.12. The third-order valence-electron chi connectivity index (χ3n) is 4.17. The number of Topliss-reactive ketones (excluding diaryl/α,β-unsaturated/α-hetero) is 1. The molecule has 1 aromatic rings. The summed E-state index contributed by atoms with van der Waals surface area (Å²) in [7, 11) is 0. The molecule has 130 valence electrons. The quantitative estimate of drug-likeness (QED) is 0.346. The van der Waals surface area contributed by atoms with E-state index in [1.54, 1.807) is 45.0 Å². The first-order valence-corrected chi connectivity index (χ1v) is 8.17. The monoisotopic (exact) mass is 332 g/mol. The zero-order valence-corrected chi connectivity index (χ0v) is 14.4. The van der Waals surface area contributed by atoms with Crippen LogP contribution in [0.4, 0.5) is 0 Å². The number of hydrogen-bond donors (Lipinski definition) is 0. The smallest absolute Gasteiger partial charge is 0.354 e. The van der Waals surface area contributed by atoms with Crippen LogP contribution in [0.25, 0.3) is 0 Å². The van der Waals surface area contributed by atoms with Crippen molar-refractivity contribution in [3.8, 4) is 0 Å². The summed E-state index contributed by atoms with van der Waals surface area (Å²) < 4.78 is 5.30. The molecule has 0 aromatic heterocycles. The highest BCUT2D eigenvalue weighted by Crippen LogP contribution is 2.18. The molecule has 1 fully saturated rings. The molecule has 0 atom stereocenters. The molecule has 1 aliphatic rings. The predicted molar refractivity (Wildman–Crippen MR) is 91.1 cm³/mol. The van der Waals surface area contributed by atoms with E-state index in [2.05, 4.69) is 5.16 Å². The van der Waals surface area contributed by atoms with Gasteiger partial charge in [0.1, 0.15) is 11.3 Å². The minimum absolute atomic E-state index is 0.227. The summed E-state index contributed by atoms with van der Waals surface area (Å²) in [6, 6.07) is 8.84. The molecule has 0 radical (unpaired) electrons. The number of morpholine rings is 1. The van der Waals surface area contributed by atoms with Crippen molar-refractivity contribution in [1.82, 2.24) is 4.90 Å². The predicted octanol–water partition coefficient (Wildman–Crippen LogP) is 2.29. The topological polar surface area (TPSA) is 68.2 Å². The number of benzene rings is 1. The molecule has 1 heterocycles. The van der Waals surface area contributed by atoms with Crippen molar-refractivity contribution in [2.75, 3.05) is 26.3 Å². The number of hydrogen-bond acceptors (Lipinski definition) is 6. The summed E-state index contributed by atoms with van der Waals surface area (Å²) in [5, 5.41) is 3.84. The van der Waals surface area contributed by atoms with Crippen LogP contribution in [0.3, 0.4) is 0 Å². The number of carbonyl (C=O) groups excluding carboxylic acids is 2. The van der Waals surface area contributed by atoms with Gasteiger partial charge >= 0.3 is 5.97 Å². The standard InChI is InChI=1S/C18H24N2O4/c1-4-15(16(21)14-8-6-5-7-9-14)19-24-17(22)18(2,3)20-10-12-23-13-11-20/h5-9H,4,10-13H2,1-3H3. The second kappa shape index (κ2) is 8.17. The first-order chi connectivity index (χ1) is 11.5. The van der Waals surface area contributed by atoms with Crippen molar-refractivity contribution >= 4 is 17.5 Å². The molecule has 6 nitrogen and oxygen atoms in total. The molecule has 6 heteroatoms. The summed E-state index contributed by atoms with van der Waals surface area (Å²) in [5.41, 5.74) is -0.0593. The summed E-state index contributed by atoms with van der Waals surface area (Å²) in [6.07, 6.45) is 0.388. The number of ether oxygens (including phenoxy) is 1. The molecule has 0 spiro atoms. The molecule has 0 unspecified atom stereocenters. The van der Waals surface area contributed by atoms with Crippen LogP contribution in [-0.4, -0.2) is 54.2 Å². The Labute approximate surface area is 142 Å². The summed E-state index contributed by atoms with van der Waals surface area (Å²) >= 11 is 0. The third kappa shape index (κ3) is 4.27. The lowest BCUT2D eigenvalue weighted by atomic mass is 10.0. The maximum atomic E-state index is 12.4. The molecule has 1 saturated heterocycles. The van der Waals surface area contributed by atoms with Crippen LogP contribution >= 0.6 is 0 Å². The Kier molecular flexibility index (Phi) is 6.23. The number of rotatable bonds is 6. The molecule has 24 heavy (non-hydrogen) atoms. The van der Waals surface area contributed by atoms with Crippen LogP contribution in [0.15, 0.2) is 35.5 Å². The SMILES string of the molecule is CCC(=NOC(=O)C(C)(C)N1CCOCC1)C(=O)c1ccccc1. The molecular weight excluding hydrogens is 308 g/mol. The Morgan fingerprint density at radius 1 is 1.21 bits per heavy atom. The number of nitrogens with zero attached hydrogens (tertiary/aromatic N) is 2. The van der Waals surface area contributed by atoms with Crippen LogP contribution in [0, 0.1) is 0 Å². The van der Waals surface area contributed by atoms with E-state index in [1.807, 2.05) is 11.0 Å². The molecule has 0 aliphatic carbocycles. The minimum Gasteiger partial charge on any atom is -0.379 e. The largest absolute Gasteiger partial charge is 0.379 e. The van der Waals surface area contributed by atoms with Crippen molar-refractivity contribution < 1.29 is 19.2 Å². The van der Waals surface area contributed by atoms with Gasteiger partial charge in [-0.15, -0.1) is 0 Å². The summed E-state index contributed by atoms with van der Waals surface area (Å²) in [5.74, 6) is -0.703. The Balaban J connectivity index is 2.06. The van der Waals surface area contributed by atoms with Crippen LogP contribution in [0.5, 0.6) is 0 Å². The molecule has 0 amide bonds. The van der Waals surface area contributed by atoms with E-state index in [-0.39, 0.29) is 11.5 Å². The van der Waals surface area contributed by atoms with Gasteiger partial charge in [0.15, 0.2) is 0 Å². The number of carbonyl (C=O) groups is 2. The average molecular weight is 332 g/mol. The van der Waals surface area contributed by atoms with E-state index in [4.69, 9.17) is 9.57 Å². The highest BCUT2D eigenvalue weighted by Gasteiger charge is 2.37. The van der Waals surface area contributed by atoms with Gasteiger partial charge in [0, 0.05) is 18.7 Å². The van der Waals surface area contributed by atoms with E-state index >= 15 is 0 Å². The fourth-order valence-corrected chi connectivity index (χ4v) is 2.48. The van der Waals surface area contributed by atoms with E-state index in [0.717, 1.165) is 0 Å². The van der Waals surface area contributed by atoms with Crippen LogP contribution in [-0.2, 0) is 14.4 Å². The molecule has 2 rings (SSSR count). The minimum atomic E-state index is -0.818. The Morgan fingerprint density at radius 3 is 2.42 bits per heavy atom. The van der Waals surface area contributed by atoms with Gasteiger partial charge in [-0.25, -0.2) is 4.79 Å². The average Bonchev–Trinajstić information content (AvgIpc) is 2.63. The van der Waals surface area contributed by atoms with E-state index in [1.165, 1.54) is 0 Å². The maximum absolute atomic E-state index is 12.4. The van der Waals surface area contributed by atoms with Gasteiger partial charge in [0.25, 0.3) is 0 Å². The molecule has 0 N–H and O–H groups in total. The fraction of sp³-hybridized carbons (Fsp3) is 0.500. The van der Waals surface area contributed by atoms with E-state index in [0.29, 0.717) is 38.3 Å². The van der Waals surface area contributed by atoms with Gasteiger partial charge in [0.05, 0.1) is 13.2 Å². The molecule has 0 bridgehead atoms. The normalized spacial score (nSPS) is 16.7. The zero-order valence-electron chi connectivity index (χ0n) is 14.4. The highest BCUT2D eigenvalue weighted by atomic mass is 16.7. The zero-order chi connectivity index (χ0) is 17.6. The fourth-order valence-electron chi connectivity index (χ4n) is 2.48. The van der Waals surface area contributed by atoms with Crippen molar-refractivity contribution in [1.29, 1.82) is 0 Å². The van der Waals surface area contributed by atoms with Gasteiger partial charge in [-0.3, -0.25) is 9.69 Å². The lowest BCUT2D eigenvalue weighted by Gasteiger charge is -2.37. The van der Waals surface area contributed by atoms with Gasteiger partial charge in [-0.1, -0.05) is 42.4 Å². The summed E-state index contributed by atoms with van der Waals surface area (Å²) in [6.45, 7) is 7.90. The Hall–Kier alpha value is -2.05. The van der Waals surface area contributed by atoms with Crippen molar-refractivity contribution in [2.24, 2.45) is 5.16 Å². The van der Waals surface area contributed by atoms with Crippen LogP contribution < -0.4 is 0 Å². The van der Waals surface area contributed by atoms with Crippen molar-refractivity contribution in [2.45, 2.75) is 32.7 Å². The Bertz CT molecular complexity index is 605. The van der Waals surface area contributed by atoms with Gasteiger partial charge in [-0.2, -0.15) is 0 Å². The van der Waals surface area contributed by atoms with E-state index in [9.17, 15) is 9.59 Å². The molecule has 1 aromatic carbocycles. The van der Waals surface area contributed by atoms with Crippen LogP contribution in [0.2, 0.25) is 0 Å². The second-order valence-electron chi connectivity index (χ2n) is 6.12. The first kappa shape index (κ1) is 18.3. The van der Waals surface area contributed by atoms with Crippen molar-refractivity contribution in [3.63, 3.8) is 0 Å². The first-order valence-electron chi connectivity index (χ1n) is 8.17. The number of oxime groups is 1. The lowest BCUT2D eigenvalue weighted by Crippen LogP contribution is -2.54. The molecular formula is C18H24N2O4. The summed E-state index contributed by atoms with van der Waals surface area (Å²) in [4.78, 5) is 31.9. The van der Waals surface area contributed by atoms with Crippen molar-refractivity contribution in [3.05, 3.63) is 35.9 Å². The molecule has 0 saturated carbocycles. The van der Waals surface area contributed by atoms with Gasteiger partial charge < -0.3 is 9.57 Å².